The van der Waals surface area contributed by atoms with E-state index in [-0.39, 0.29) is 0 Å². The molecule has 0 N–H and O–H groups in total. The number of aromatic nitrogens is 1. The van der Waals surface area contributed by atoms with Gasteiger partial charge in [-0.25, -0.2) is 0 Å². The van der Waals surface area contributed by atoms with Gasteiger partial charge in [-0.3, -0.25) is 4.98 Å². The molecule has 3 nitrogen and oxygen atoms in total. The Morgan fingerprint density at radius 2 is 2.00 bits per heavy atom. The van der Waals surface area contributed by atoms with Crippen LogP contribution in [-0.4, -0.2) is 25.2 Å². The highest BCUT2D eigenvalue weighted by Crippen LogP contribution is 2.41. The summed E-state index contributed by atoms with van der Waals surface area (Å²) in [7, 11) is 3.86. The van der Waals surface area contributed by atoms with Crippen LogP contribution in [0.2, 0.25) is 0 Å². The zero-order valence-corrected chi connectivity index (χ0v) is 11.6. The van der Waals surface area contributed by atoms with E-state index in [9.17, 15) is 0 Å². The summed E-state index contributed by atoms with van der Waals surface area (Å²) >= 11 is 0. The molecular weight excluding hydrogens is 236 g/mol. The van der Waals surface area contributed by atoms with Crippen molar-refractivity contribution in [2.45, 2.75) is 19.4 Å². The highest BCUT2D eigenvalue weighted by atomic mass is 16.5. The summed E-state index contributed by atoms with van der Waals surface area (Å²) in [6, 6.07) is 8.63. The highest BCUT2D eigenvalue weighted by Gasteiger charge is 2.27. The molecule has 1 atom stereocenters. The minimum atomic E-state index is 0.521. The van der Waals surface area contributed by atoms with Gasteiger partial charge in [0.2, 0.25) is 0 Å². The Hall–Kier alpha value is -2.03. The van der Waals surface area contributed by atoms with Crippen molar-refractivity contribution in [2.24, 2.45) is 0 Å². The van der Waals surface area contributed by atoms with E-state index in [0.29, 0.717) is 6.04 Å². The second kappa shape index (κ2) is 4.57. The molecule has 1 aromatic heterocycles. The molecular formula is C16H18N2O. The smallest absolute Gasteiger partial charge is 0.126 e. The molecule has 1 aliphatic heterocycles. The number of methoxy groups -OCH3 is 1. The number of ether oxygens (including phenoxy) is 1. The Balaban J connectivity index is 2.20. The molecule has 0 radical (unpaired) electrons. The van der Waals surface area contributed by atoms with Crippen LogP contribution in [0.3, 0.4) is 0 Å². The summed E-state index contributed by atoms with van der Waals surface area (Å²) in [5.74, 6) is 0.894. The van der Waals surface area contributed by atoms with Gasteiger partial charge in [0.05, 0.1) is 12.8 Å². The van der Waals surface area contributed by atoms with Crippen molar-refractivity contribution < 1.29 is 4.74 Å². The van der Waals surface area contributed by atoms with Crippen molar-refractivity contribution in [3.8, 4) is 16.9 Å². The number of nitrogens with zero attached hydrogens (tertiary/aromatic N) is 2. The molecule has 3 heteroatoms. The quantitative estimate of drug-likeness (QED) is 0.823. The first-order valence-electron chi connectivity index (χ1n) is 6.55. The van der Waals surface area contributed by atoms with Crippen LogP contribution in [0.4, 0.5) is 5.69 Å². The van der Waals surface area contributed by atoms with E-state index in [1.54, 1.807) is 7.11 Å². The first-order chi connectivity index (χ1) is 9.22. The SMILES string of the molecule is COc1ccccc1-c1cncc2c1N(C)C(C)C2. The molecule has 2 aromatic rings. The third-order valence-corrected chi connectivity index (χ3v) is 3.92. The van der Waals surface area contributed by atoms with Crippen LogP contribution in [-0.2, 0) is 6.42 Å². The Kier molecular flexibility index (Phi) is 2.90. The molecule has 0 amide bonds. The summed E-state index contributed by atoms with van der Waals surface area (Å²) in [5, 5.41) is 0. The van der Waals surface area contributed by atoms with E-state index in [1.807, 2.05) is 30.6 Å². The number of likely N-dealkylation sites (N-methyl/N-ethyl adjacent to an activating group) is 1. The molecule has 1 unspecified atom stereocenters. The molecule has 0 saturated carbocycles. The number of pyridine rings is 1. The first-order valence-corrected chi connectivity index (χ1v) is 6.55. The maximum absolute atomic E-state index is 5.48. The fraction of sp³-hybridized carbons (Fsp3) is 0.312. The molecule has 0 aliphatic carbocycles. The molecule has 19 heavy (non-hydrogen) atoms. The average molecular weight is 254 g/mol. The van der Waals surface area contributed by atoms with Gasteiger partial charge in [-0.1, -0.05) is 18.2 Å². The van der Waals surface area contributed by atoms with Gasteiger partial charge in [0, 0.05) is 36.6 Å². The summed E-state index contributed by atoms with van der Waals surface area (Å²) < 4.78 is 5.48. The predicted molar refractivity (Wildman–Crippen MR) is 77.8 cm³/mol. The molecule has 0 spiro atoms. The summed E-state index contributed by atoms with van der Waals surface area (Å²) in [5.41, 5.74) is 4.86. The van der Waals surface area contributed by atoms with E-state index in [2.05, 4.69) is 29.9 Å². The molecule has 1 aromatic carbocycles. The van der Waals surface area contributed by atoms with Gasteiger partial charge in [-0.2, -0.15) is 0 Å². The Labute approximate surface area is 113 Å². The summed E-state index contributed by atoms with van der Waals surface area (Å²) in [6.45, 7) is 2.24. The van der Waals surface area contributed by atoms with Gasteiger partial charge in [-0.05, 0) is 25.0 Å². The van der Waals surface area contributed by atoms with E-state index >= 15 is 0 Å². The van der Waals surface area contributed by atoms with E-state index in [0.717, 1.165) is 23.3 Å². The van der Waals surface area contributed by atoms with Crippen molar-refractivity contribution in [2.75, 3.05) is 19.1 Å². The normalized spacial score (nSPS) is 17.4. The Bertz CT molecular complexity index is 609. The first kappa shape index (κ1) is 12.0. The van der Waals surface area contributed by atoms with Crippen molar-refractivity contribution in [1.82, 2.24) is 4.98 Å². The molecule has 2 heterocycles. The lowest BCUT2D eigenvalue weighted by Crippen LogP contribution is -2.24. The Morgan fingerprint density at radius 3 is 2.79 bits per heavy atom. The molecule has 0 saturated heterocycles. The van der Waals surface area contributed by atoms with Crippen molar-refractivity contribution in [3.05, 3.63) is 42.2 Å². The highest BCUT2D eigenvalue weighted by molar-refractivity contribution is 5.84. The van der Waals surface area contributed by atoms with Gasteiger partial charge >= 0.3 is 0 Å². The zero-order chi connectivity index (χ0) is 13.4. The third-order valence-electron chi connectivity index (χ3n) is 3.92. The van der Waals surface area contributed by atoms with E-state index in [4.69, 9.17) is 4.74 Å². The third kappa shape index (κ3) is 1.86. The zero-order valence-electron chi connectivity index (χ0n) is 11.6. The molecule has 98 valence electrons. The number of benzene rings is 1. The van der Waals surface area contributed by atoms with Gasteiger partial charge in [-0.15, -0.1) is 0 Å². The van der Waals surface area contributed by atoms with Crippen LogP contribution in [0, 0.1) is 0 Å². The van der Waals surface area contributed by atoms with E-state index < -0.39 is 0 Å². The lowest BCUT2D eigenvalue weighted by Gasteiger charge is -2.21. The second-order valence-electron chi connectivity index (χ2n) is 5.06. The predicted octanol–water partition coefficient (Wildman–Crippen LogP) is 3.14. The van der Waals surface area contributed by atoms with Crippen LogP contribution in [0.15, 0.2) is 36.7 Å². The van der Waals surface area contributed by atoms with Crippen LogP contribution in [0.1, 0.15) is 12.5 Å². The van der Waals surface area contributed by atoms with Crippen LogP contribution in [0.25, 0.3) is 11.1 Å². The number of para-hydroxylation sites is 1. The number of hydrogen-bond acceptors (Lipinski definition) is 3. The van der Waals surface area contributed by atoms with Crippen LogP contribution >= 0.6 is 0 Å². The van der Waals surface area contributed by atoms with Gasteiger partial charge in [0.15, 0.2) is 0 Å². The fourth-order valence-electron chi connectivity index (χ4n) is 2.80. The largest absolute Gasteiger partial charge is 0.496 e. The van der Waals surface area contributed by atoms with Crippen molar-refractivity contribution in [1.29, 1.82) is 0 Å². The second-order valence-corrected chi connectivity index (χ2v) is 5.06. The maximum Gasteiger partial charge on any atom is 0.126 e. The maximum atomic E-state index is 5.48. The summed E-state index contributed by atoms with van der Waals surface area (Å²) in [6.07, 6.45) is 4.97. The minimum absolute atomic E-state index is 0.521. The number of fused-ring (bicyclic) bond motifs is 1. The molecule has 1 aliphatic rings. The van der Waals surface area contributed by atoms with Crippen molar-refractivity contribution >= 4 is 5.69 Å². The molecule has 3 rings (SSSR count). The lowest BCUT2D eigenvalue weighted by atomic mass is 10.0. The lowest BCUT2D eigenvalue weighted by molar-refractivity contribution is 0.416. The van der Waals surface area contributed by atoms with Crippen LogP contribution in [0.5, 0.6) is 5.75 Å². The van der Waals surface area contributed by atoms with Gasteiger partial charge < -0.3 is 9.64 Å². The number of anilines is 1. The van der Waals surface area contributed by atoms with Crippen LogP contribution < -0.4 is 9.64 Å². The minimum Gasteiger partial charge on any atom is -0.496 e. The van der Waals surface area contributed by atoms with Gasteiger partial charge in [0.1, 0.15) is 5.75 Å². The topological polar surface area (TPSA) is 25.4 Å². The molecule has 0 fully saturated rings. The fourth-order valence-corrected chi connectivity index (χ4v) is 2.80. The molecule has 0 bridgehead atoms. The standard InChI is InChI=1S/C16H18N2O/c1-11-8-12-9-17-10-14(16(12)18(11)2)13-6-4-5-7-15(13)19-3/h4-7,9-11H,8H2,1-3H3. The summed E-state index contributed by atoms with van der Waals surface area (Å²) in [4.78, 5) is 6.73. The monoisotopic (exact) mass is 254 g/mol. The van der Waals surface area contributed by atoms with Gasteiger partial charge in [0.25, 0.3) is 0 Å². The Morgan fingerprint density at radius 1 is 1.21 bits per heavy atom. The van der Waals surface area contributed by atoms with Crippen molar-refractivity contribution in [3.63, 3.8) is 0 Å². The average Bonchev–Trinajstić information content (AvgIpc) is 2.74. The number of rotatable bonds is 2. The number of hydrogen-bond donors (Lipinski definition) is 0. The van der Waals surface area contributed by atoms with E-state index in [1.165, 1.54) is 11.3 Å².